The standard InChI is InChI=1S/C11H10BrNO/c1-13-10-4-2-8(7-12)6-9(10)3-5-11(13)14/h2-6H,7H2,1H3. The number of aromatic nitrogens is 1. The van der Waals surface area contributed by atoms with Crippen LogP contribution in [-0.2, 0) is 12.4 Å². The SMILES string of the molecule is Cn1c(=O)ccc2cc(CBr)ccc21. The Hall–Kier alpha value is -1.09. The van der Waals surface area contributed by atoms with E-state index in [1.54, 1.807) is 17.7 Å². The highest BCUT2D eigenvalue weighted by atomic mass is 79.9. The minimum atomic E-state index is 0.0316. The zero-order valence-electron chi connectivity index (χ0n) is 7.83. The number of alkyl halides is 1. The Bertz CT molecular complexity index is 530. The van der Waals surface area contributed by atoms with Crippen LogP contribution in [0.1, 0.15) is 5.56 Å². The summed E-state index contributed by atoms with van der Waals surface area (Å²) in [6.45, 7) is 0. The van der Waals surface area contributed by atoms with Crippen molar-refractivity contribution < 1.29 is 0 Å². The second kappa shape index (κ2) is 3.58. The number of pyridine rings is 1. The lowest BCUT2D eigenvalue weighted by Crippen LogP contribution is -2.14. The van der Waals surface area contributed by atoms with Gasteiger partial charge in [0.1, 0.15) is 0 Å². The average Bonchev–Trinajstić information content (AvgIpc) is 2.23. The van der Waals surface area contributed by atoms with E-state index in [0.29, 0.717) is 0 Å². The molecule has 0 aliphatic carbocycles. The minimum absolute atomic E-state index is 0.0316. The number of halogens is 1. The van der Waals surface area contributed by atoms with E-state index in [0.717, 1.165) is 16.2 Å². The molecule has 0 saturated carbocycles. The molecule has 0 radical (unpaired) electrons. The van der Waals surface area contributed by atoms with E-state index in [9.17, 15) is 4.79 Å². The number of benzene rings is 1. The smallest absolute Gasteiger partial charge is 0.250 e. The quantitative estimate of drug-likeness (QED) is 0.714. The van der Waals surface area contributed by atoms with E-state index in [4.69, 9.17) is 0 Å². The molecule has 0 aliphatic heterocycles. The third kappa shape index (κ3) is 1.48. The van der Waals surface area contributed by atoms with Crippen molar-refractivity contribution in [1.29, 1.82) is 0 Å². The van der Waals surface area contributed by atoms with Gasteiger partial charge in [-0.25, -0.2) is 0 Å². The Morgan fingerprint density at radius 1 is 1.29 bits per heavy atom. The second-order valence-corrected chi connectivity index (χ2v) is 3.82. The molecule has 0 aliphatic rings. The van der Waals surface area contributed by atoms with Crippen LogP contribution in [0.3, 0.4) is 0 Å². The Labute approximate surface area is 90.3 Å². The summed E-state index contributed by atoms with van der Waals surface area (Å²) in [6.07, 6.45) is 0. The maximum Gasteiger partial charge on any atom is 0.250 e. The van der Waals surface area contributed by atoms with Crippen LogP contribution in [0, 0.1) is 0 Å². The zero-order chi connectivity index (χ0) is 10.1. The molecule has 72 valence electrons. The van der Waals surface area contributed by atoms with Crippen molar-refractivity contribution in [3.05, 3.63) is 46.2 Å². The minimum Gasteiger partial charge on any atom is -0.311 e. The molecule has 0 saturated heterocycles. The fourth-order valence-corrected chi connectivity index (χ4v) is 1.87. The molecule has 2 aromatic rings. The van der Waals surface area contributed by atoms with Gasteiger partial charge in [0.2, 0.25) is 0 Å². The Balaban J connectivity index is 2.81. The van der Waals surface area contributed by atoms with Crippen molar-refractivity contribution in [2.45, 2.75) is 5.33 Å². The van der Waals surface area contributed by atoms with Crippen molar-refractivity contribution in [3.63, 3.8) is 0 Å². The van der Waals surface area contributed by atoms with E-state index in [-0.39, 0.29) is 5.56 Å². The topological polar surface area (TPSA) is 22.0 Å². The lowest BCUT2D eigenvalue weighted by Gasteiger charge is -2.04. The number of hydrogen-bond acceptors (Lipinski definition) is 1. The summed E-state index contributed by atoms with van der Waals surface area (Å²) in [7, 11) is 1.79. The molecule has 0 atom stereocenters. The Kier molecular flexibility index (Phi) is 2.42. The molecule has 3 heteroatoms. The van der Waals surface area contributed by atoms with Crippen LogP contribution in [0.25, 0.3) is 10.9 Å². The van der Waals surface area contributed by atoms with Gasteiger partial charge in [-0.3, -0.25) is 4.79 Å². The van der Waals surface area contributed by atoms with Crippen LogP contribution < -0.4 is 5.56 Å². The van der Waals surface area contributed by atoms with E-state index >= 15 is 0 Å². The van der Waals surface area contributed by atoms with Gasteiger partial charge >= 0.3 is 0 Å². The van der Waals surface area contributed by atoms with Crippen LogP contribution in [0.15, 0.2) is 35.1 Å². The third-order valence-corrected chi connectivity index (χ3v) is 2.99. The molecule has 1 heterocycles. The van der Waals surface area contributed by atoms with E-state index in [2.05, 4.69) is 22.0 Å². The fraction of sp³-hybridized carbons (Fsp3) is 0.182. The molecule has 0 fully saturated rings. The van der Waals surface area contributed by atoms with Crippen molar-refractivity contribution in [2.24, 2.45) is 7.05 Å². The van der Waals surface area contributed by atoms with Crippen molar-refractivity contribution in [2.75, 3.05) is 0 Å². The summed E-state index contributed by atoms with van der Waals surface area (Å²) >= 11 is 3.41. The molecule has 0 unspecified atom stereocenters. The van der Waals surface area contributed by atoms with Crippen LogP contribution >= 0.6 is 15.9 Å². The van der Waals surface area contributed by atoms with Gasteiger partial charge < -0.3 is 4.57 Å². The first-order chi connectivity index (χ1) is 6.72. The summed E-state index contributed by atoms with van der Waals surface area (Å²) in [5.74, 6) is 0. The van der Waals surface area contributed by atoms with Gasteiger partial charge in [0.15, 0.2) is 0 Å². The van der Waals surface area contributed by atoms with Gasteiger partial charge in [-0.1, -0.05) is 22.0 Å². The number of fused-ring (bicyclic) bond motifs is 1. The van der Waals surface area contributed by atoms with E-state index < -0.39 is 0 Å². The van der Waals surface area contributed by atoms with Gasteiger partial charge in [-0.2, -0.15) is 0 Å². The predicted octanol–water partition coefficient (Wildman–Crippen LogP) is 2.43. The Morgan fingerprint density at radius 3 is 2.79 bits per heavy atom. The van der Waals surface area contributed by atoms with Crippen molar-refractivity contribution in [1.82, 2.24) is 4.57 Å². The zero-order valence-corrected chi connectivity index (χ0v) is 9.41. The lowest BCUT2D eigenvalue weighted by molar-refractivity contribution is 0.906. The second-order valence-electron chi connectivity index (χ2n) is 3.26. The summed E-state index contributed by atoms with van der Waals surface area (Å²) in [6, 6.07) is 9.55. The van der Waals surface area contributed by atoms with Crippen LogP contribution in [-0.4, -0.2) is 4.57 Å². The first-order valence-corrected chi connectivity index (χ1v) is 5.49. The lowest BCUT2D eigenvalue weighted by atomic mass is 10.1. The Morgan fingerprint density at radius 2 is 2.07 bits per heavy atom. The summed E-state index contributed by atoms with van der Waals surface area (Å²) in [4.78, 5) is 11.3. The number of nitrogens with zero attached hydrogens (tertiary/aromatic N) is 1. The van der Waals surface area contributed by atoms with Gasteiger partial charge in [-0.15, -0.1) is 0 Å². The number of hydrogen-bond donors (Lipinski definition) is 0. The maximum absolute atomic E-state index is 11.3. The molecule has 0 amide bonds. The molecule has 0 N–H and O–H groups in total. The molecule has 0 bridgehead atoms. The van der Waals surface area contributed by atoms with E-state index in [1.165, 1.54) is 5.56 Å². The average molecular weight is 252 g/mol. The highest BCUT2D eigenvalue weighted by Gasteiger charge is 1.99. The number of aryl methyl sites for hydroxylation is 1. The monoisotopic (exact) mass is 251 g/mol. The summed E-state index contributed by atoms with van der Waals surface area (Å²) < 4.78 is 1.66. The van der Waals surface area contributed by atoms with Gasteiger partial charge in [-0.05, 0) is 29.1 Å². The van der Waals surface area contributed by atoms with Crippen molar-refractivity contribution in [3.8, 4) is 0 Å². The largest absolute Gasteiger partial charge is 0.311 e. The molecular weight excluding hydrogens is 242 g/mol. The molecule has 14 heavy (non-hydrogen) atoms. The van der Waals surface area contributed by atoms with Crippen LogP contribution in [0.4, 0.5) is 0 Å². The molecule has 1 aromatic carbocycles. The predicted molar refractivity (Wildman–Crippen MR) is 61.8 cm³/mol. The van der Waals surface area contributed by atoms with Crippen LogP contribution in [0.5, 0.6) is 0 Å². The van der Waals surface area contributed by atoms with E-state index in [1.807, 2.05) is 18.2 Å². The molecule has 1 aromatic heterocycles. The maximum atomic E-state index is 11.3. The fourth-order valence-electron chi connectivity index (χ4n) is 1.52. The third-order valence-electron chi connectivity index (χ3n) is 2.34. The van der Waals surface area contributed by atoms with Gasteiger partial charge in [0.25, 0.3) is 5.56 Å². The van der Waals surface area contributed by atoms with Gasteiger partial charge in [0, 0.05) is 18.4 Å². The molecule has 2 rings (SSSR count). The summed E-state index contributed by atoms with van der Waals surface area (Å²) in [5.41, 5.74) is 2.22. The molecular formula is C11H10BrNO. The highest BCUT2D eigenvalue weighted by molar-refractivity contribution is 9.08. The van der Waals surface area contributed by atoms with Crippen LogP contribution in [0.2, 0.25) is 0 Å². The molecule has 0 spiro atoms. The first-order valence-electron chi connectivity index (χ1n) is 4.37. The van der Waals surface area contributed by atoms with Crippen molar-refractivity contribution >= 4 is 26.8 Å². The number of rotatable bonds is 1. The van der Waals surface area contributed by atoms with Gasteiger partial charge in [0.05, 0.1) is 5.52 Å². The highest BCUT2D eigenvalue weighted by Crippen LogP contribution is 2.15. The summed E-state index contributed by atoms with van der Waals surface area (Å²) in [5, 5.41) is 1.94. The molecule has 2 nitrogen and oxygen atoms in total. The normalized spacial score (nSPS) is 10.7. The first kappa shape index (κ1) is 9.46.